The second-order valence-corrected chi connectivity index (χ2v) is 6.55. The quantitative estimate of drug-likeness (QED) is 0.775. The van der Waals surface area contributed by atoms with Crippen molar-refractivity contribution in [3.05, 3.63) is 48.3 Å². The number of fused-ring (bicyclic) bond motifs is 1. The molecule has 0 amide bonds. The van der Waals surface area contributed by atoms with Gasteiger partial charge in [0.05, 0.1) is 35.1 Å². The topological polar surface area (TPSA) is 84.1 Å². The lowest BCUT2D eigenvalue weighted by molar-refractivity contribution is 0.411. The number of imidazole rings is 1. The van der Waals surface area contributed by atoms with E-state index in [0.29, 0.717) is 11.4 Å². The summed E-state index contributed by atoms with van der Waals surface area (Å²) < 4.78 is 32.6. The van der Waals surface area contributed by atoms with Crippen LogP contribution in [0, 0.1) is 6.92 Å². The Bertz CT molecular complexity index is 932. The fourth-order valence-corrected chi connectivity index (χ4v) is 3.37. The van der Waals surface area contributed by atoms with Crippen LogP contribution >= 0.6 is 0 Å². The maximum Gasteiger partial charge on any atom is 0.261 e. The Balaban J connectivity index is 1.93. The Morgan fingerprint density at radius 2 is 2.00 bits per heavy atom. The Kier molecular flexibility index (Phi) is 3.50. The van der Waals surface area contributed by atoms with E-state index in [0.717, 1.165) is 16.6 Å². The highest BCUT2D eigenvalue weighted by Gasteiger charge is 2.16. The maximum absolute atomic E-state index is 12.5. The molecule has 1 aromatic heterocycles. The standard InChI is InChI=1S/C15H15N3O3S/c1-10-7-12(4-6-15(10)21-2)22(19,20)18-11-3-5-13-14(8-11)17-9-16-13/h3-9,18H,1-2H3,(H,16,17). The molecule has 0 saturated carbocycles. The minimum atomic E-state index is -3.65. The molecule has 0 saturated heterocycles. The van der Waals surface area contributed by atoms with Gasteiger partial charge < -0.3 is 9.72 Å². The van der Waals surface area contributed by atoms with Crippen molar-refractivity contribution in [2.24, 2.45) is 0 Å². The van der Waals surface area contributed by atoms with Crippen molar-refractivity contribution >= 4 is 26.7 Å². The minimum absolute atomic E-state index is 0.190. The average molecular weight is 317 g/mol. The molecule has 114 valence electrons. The van der Waals surface area contributed by atoms with Crippen molar-refractivity contribution in [2.45, 2.75) is 11.8 Å². The van der Waals surface area contributed by atoms with Crippen LogP contribution in [0.3, 0.4) is 0 Å². The molecular weight excluding hydrogens is 302 g/mol. The molecule has 0 aliphatic heterocycles. The van der Waals surface area contributed by atoms with Gasteiger partial charge in [0.1, 0.15) is 5.75 Å². The molecule has 1 heterocycles. The summed E-state index contributed by atoms with van der Waals surface area (Å²) in [6, 6.07) is 9.87. The first-order valence-electron chi connectivity index (χ1n) is 6.60. The highest BCUT2D eigenvalue weighted by atomic mass is 32.2. The van der Waals surface area contributed by atoms with E-state index in [2.05, 4.69) is 14.7 Å². The molecule has 0 radical (unpaired) electrons. The normalized spacial score (nSPS) is 11.5. The molecule has 2 N–H and O–H groups in total. The third-order valence-corrected chi connectivity index (χ3v) is 4.73. The van der Waals surface area contributed by atoms with Crippen LogP contribution in [0.5, 0.6) is 5.75 Å². The molecule has 0 fully saturated rings. The molecule has 0 bridgehead atoms. The van der Waals surface area contributed by atoms with Crippen LogP contribution in [-0.2, 0) is 10.0 Å². The fourth-order valence-electron chi connectivity index (χ4n) is 2.23. The summed E-state index contributed by atoms with van der Waals surface area (Å²) in [6.07, 6.45) is 1.57. The molecule has 7 heteroatoms. The van der Waals surface area contributed by atoms with Crippen molar-refractivity contribution in [3.63, 3.8) is 0 Å². The van der Waals surface area contributed by atoms with Gasteiger partial charge in [-0.3, -0.25) is 4.72 Å². The molecule has 0 atom stereocenters. The molecule has 0 aliphatic rings. The van der Waals surface area contributed by atoms with Crippen LogP contribution in [0.2, 0.25) is 0 Å². The monoisotopic (exact) mass is 317 g/mol. The third kappa shape index (κ3) is 2.62. The Labute approximate surface area is 128 Å². The number of nitrogens with zero attached hydrogens (tertiary/aromatic N) is 1. The van der Waals surface area contributed by atoms with E-state index in [-0.39, 0.29) is 4.90 Å². The van der Waals surface area contributed by atoms with E-state index in [1.807, 2.05) is 0 Å². The van der Waals surface area contributed by atoms with Crippen molar-refractivity contribution in [2.75, 3.05) is 11.8 Å². The number of H-pyrrole nitrogens is 1. The molecule has 0 aliphatic carbocycles. The number of aryl methyl sites for hydroxylation is 1. The first kappa shape index (κ1) is 14.4. The summed E-state index contributed by atoms with van der Waals surface area (Å²) in [4.78, 5) is 7.24. The van der Waals surface area contributed by atoms with Crippen LogP contribution in [-0.4, -0.2) is 25.5 Å². The Morgan fingerprint density at radius 1 is 1.18 bits per heavy atom. The summed E-state index contributed by atoms with van der Waals surface area (Å²) in [5.41, 5.74) is 2.79. The lowest BCUT2D eigenvalue weighted by Gasteiger charge is -2.10. The number of nitrogens with one attached hydrogen (secondary N) is 2. The summed E-state index contributed by atoms with van der Waals surface area (Å²) >= 11 is 0. The average Bonchev–Trinajstić information content (AvgIpc) is 2.94. The van der Waals surface area contributed by atoms with Crippen molar-refractivity contribution in [3.8, 4) is 5.75 Å². The highest BCUT2D eigenvalue weighted by molar-refractivity contribution is 7.92. The molecule has 22 heavy (non-hydrogen) atoms. The van der Waals surface area contributed by atoms with E-state index in [4.69, 9.17) is 4.74 Å². The Hall–Kier alpha value is -2.54. The molecule has 3 aromatic rings. The largest absolute Gasteiger partial charge is 0.496 e. The van der Waals surface area contributed by atoms with Gasteiger partial charge in [-0.25, -0.2) is 13.4 Å². The van der Waals surface area contributed by atoms with Crippen LogP contribution in [0.25, 0.3) is 11.0 Å². The highest BCUT2D eigenvalue weighted by Crippen LogP contribution is 2.24. The van der Waals surface area contributed by atoms with E-state index < -0.39 is 10.0 Å². The zero-order valence-corrected chi connectivity index (χ0v) is 12.9. The summed E-state index contributed by atoms with van der Waals surface area (Å²) in [7, 11) is -2.10. The lowest BCUT2D eigenvalue weighted by atomic mass is 10.2. The molecule has 0 unspecified atom stereocenters. The summed E-state index contributed by atoms with van der Waals surface area (Å²) in [5, 5.41) is 0. The zero-order chi connectivity index (χ0) is 15.7. The molecular formula is C15H15N3O3S. The number of aromatic amines is 1. The molecule has 2 aromatic carbocycles. The van der Waals surface area contributed by atoms with Crippen LogP contribution in [0.4, 0.5) is 5.69 Å². The van der Waals surface area contributed by atoms with Crippen molar-refractivity contribution < 1.29 is 13.2 Å². The maximum atomic E-state index is 12.5. The zero-order valence-electron chi connectivity index (χ0n) is 12.1. The number of hydrogen-bond acceptors (Lipinski definition) is 4. The molecule has 6 nitrogen and oxygen atoms in total. The van der Waals surface area contributed by atoms with Gasteiger partial charge in [-0.1, -0.05) is 0 Å². The first-order valence-corrected chi connectivity index (χ1v) is 8.08. The van der Waals surface area contributed by atoms with Gasteiger partial charge in [0.25, 0.3) is 10.0 Å². The third-order valence-electron chi connectivity index (χ3n) is 3.35. The number of aromatic nitrogens is 2. The number of anilines is 1. The Morgan fingerprint density at radius 3 is 2.73 bits per heavy atom. The van der Waals surface area contributed by atoms with Gasteiger partial charge in [0, 0.05) is 0 Å². The summed E-state index contributed by atoms with van der Waals surface area (Å²) in [5.74, 6) is 0.651. The van der Waals surface area contributed by atoms with Gasteiger partial charge >= 0.3 is 0 Å². The van der Waals surface area contributed by atoms with Crippen LogP contribution in [0.1, 0.15) is 5.56 Å². The van der Waals surface area contributed by atoms with Gasteiger partial charge in [0.15, 0.2) is 0 Å². The van der Waals surface area contributed by atoms with Crippen LogP contribution in [0.15, 0.2) is 47.6 Å². The predicted molar refractivity (Wildman–Crippen MR) is 84.6 cm³/mol. The van der Waals surface area contributed by atoms with Crippen LogP contribution < -0.4 is 9.46 Å². The number of ether oxygens (including phenoxy) is 1. The number of benzene rings is 2. The SMILES string of the molecule is COc1ccc(S(=O)(=O)Nc2ccc3nc[nH]c3c2)cc1C. The lowest BCUT2D eigenvalue weighted by Crippen LogP contribution is -2.13. The first-order chi connectivity index (χ1) is 10.5. The van der Waals surface area contributed by atoms with E-state index in [9.17, 15) is 8.42 Å². The second kappa shape index (κ2) is 5.34. The number of rotatable bonds is 4. The van der Waals surface area contributed by atoms with Crippen molar-refractivity contribution in [1.29, 1.82) is 0 Å². The van der Waals surface area contributed by atoms with Gasteiger partial charge in [-0.05, 0) is 48.9 Å². The number of methoxy groups -OCH3 is 1. The number of hydrogen-bond donors (Lipinski definition) is 2. The van der Waals surface area contributed by atoms with Gasteiger partial charge in [0.2, 0.25) is 0 Å². The smallest absolute Gasteiger partial charge is 0.261 e. The molecule has 0 spiro atoms. The van der Waals surface area contributed by atoms with Gasteiger partial charge in [-0.15, -0.1) is 0 Å². The summed E-state index contributed by atoms with van der Waals surface area (Å²) in [6.45, 7) is 1.80. The van der Waals surface area contributed by atoms with Gasteiger partial charge in [-0.2, -0.15) is 0 Å². The minimum Gasteiger partial charge on any atom is -0.496 e. The fraction of sp³-hybridized carbons (Fsp3) is 0.133. The van der Waals surface area contributed by atoms with E-state index in [1.165, 1.54) is 6.07 Å². The van der Waals surface area contributed by atoms with E-state index in [1.54, 1.807) is 50.7 Å². The molecule has 3 rings (SSSR count). The second-order valence-electron chi connectivity index (χ2n) is 4.87. The van der Waals surface area contributed by atoms with E-state index >= 15 is 0 Å². The number of sulfonamides is 1. The van der Waals surface area contributed by atoms with Crippen molar-refractivity contribution in [1.82, 2.24) is 9.97 Å². The predicted octanol–water partition coefficient (Wildman–Crippen LogP) is 2.68.